The molecular formula is C16H21ClN2O3. The molecule has 2 aliphatic heterocycles. The third kappa shape index (κ3) is 2.93. The number of hydrogen-bond donors (Lipinski definition) is 0. The molecule has 0 aromatic heterocycles. The fourth-order valence-electron chi connectivity index (χ4n) is 3.20. The van der Waals surface area contributed by atoms with E-state index in [2.05, 4.69) is 11.9 Å². The van der Waals surface area contributed by atoms with Crippen LogP contribution in [-0.2, 0) is 4.74 Å². The molecule has 1 aromatic rings. The monoisotopic (exact) mass is 324 g/mol. The van der Waals surface area contributed by atoms with Gasteiger partial charge in [-0.15, -0.1) is 0 Å². The molecule has 2 fully saturated rings. The van der Waals surface area contributed by atoms with Gasteiger partial charge in [0, 0.05) is 25.2 Å². The number of rotatable bonds is 2. The van der Waals surface area contributed by atoms with E-state index in [1.165, 1.54) is 0 Å². The number of benzene rings is 1. The predicted molar refractivity (Wildman–Crippen MR) is 84.7 cm³/mol. The summed E-state index contributed by atoms with van der Waals surface area (Å²) in [7, 11) is 3.65. The standard InChI is InChI=1S/C16H21ClN2O3/c1-18-7-8-22-14-5-6-19(10-13(14)18)16(20)11-3-4-12(17)15(9-11)21-2/h3-4,9,13-14H,5-8,10H2,1-2H3/t13-,14+/m1/s1. The number of carbonyl (C=O) groups excluding carboxylic acids is 1. The highest BCUT2D eigenvalue weighted by Crippen LogP contribution is 2.27. The van der Waals surface area contributed by atoms with E-state index in [9.17, 15) is 4.79 Å². The van der Waals surface area contributed by atoms with Crippen molar-refractivity contribution in [1.82, 2.24) is 9.80 Å². The molecule has 2 saturated heterocycles. The van der Waals surface area contributed by atoms with Crippen LogP contribution in [0.25, 0.3) is 0 Å². The molecule has 2 aliphatic rings. The van der Waals surface area contributed by atoms with Crippen molar-refractivity contribution in [2.75, 3.05) is 40.4 Å². The maximum atomic E-state index is 12.7. The van der Waals surface area contributed by atoms with Crippen molar-refractivity contribution < 1.29 is 14.3 Å². The summed E-state index contributed by atoms with van der Waals surface area (Å²) in [5.41, 5.74) is 0.610. The lowest BCUT2D eigenvalue weighted by Crippen LogP contribution is -2.59. The van der Waals surface area contributed by atoms with E-state index in [0.717, 1.165) is 26.1 Å². The Kier molecular flexibility index (Phi) is 4.57. The summed E-state index contributed by atoms with van der Waals surface area (Å²) >= 11 is 6.02. The van der Waals surface area contributed by atoms with Crippen LogP contribution < -0.4 is 4.74 Å². The van der Waals surface area contributed by atoms with E-state index in [1.807, 2.05) is 4.90 Å². The van der Waals surface area contributed by atoms with Gasteiger partial charge in [0.2, 0.25) is 0 Å². The number of likely N-dealkylation sites (tertiary alicyclic amines) is 1. The minimum atomic E-state index is 0.0207. The van der Waals surface area contributed by atoms with Crippen molar-refractivity contribution in [2.24, 2.45) is 0 Å². The Labute approximate surface area is 135 Å². The first-order valence-electron chi connectivity index (χ1n) is 7.55. The van der Waals surface area contributed by atoms with Gasteiger partial charge in [-0.1, -0.05) is 11.6 Å². The van der Waals surface area contributed by atoms with Gasteiger partial charge in [-0.3, -0.25) is 9.69 Å². The van der Waals surface area contributed by atoms with E-state index in [1.54, 1.807) is 25.3 Å². The van der Waals surface area contributed by atoms with Gasteiger partial charge in [0.15, 0.2) is 0 Å². The van der Waals surface area contributed by atoms with E-state index < -0.39 is 0 Å². The topological polar surface area (TPSA) is 42.0 Å². The van der Waals surface area contributed by atoms with Crippen molar-refractivity contribution in [1.29, 1.82) is 0 Å². The summed E-state index contributed by atoms with van der Waals surface area (Å²) in [5, 5.41) is 0.512. The van der Waals surface area contributed by atoms with Crippen LogP contribution in [0.1, 0.15) is 16.8 Å². The van der Waals surface area contributed by atoms with Gasteiger partial charge in [-0.2, -0.15) is 0 Å². The highest BCUT2D eigenvalue weighted by molar-refractivity contribution is 6.32. The smallest absolute Gasteiger partial charge is 0.254 e. The van der Waals surface area contributed by atoms with E-state index in [0.29, 0.717) is 22.9 Å². The zero-order chi connectivity index (χ0) is 15.7. The summed E-state index contributed by atoms with van der Waals surface area (Å²) in [6, 6.07) is 5.44. The van der Waals surface area contributed by atoms with Crippen molar-refractivity contribution in [3.8, 4) is 5.75 Å². The minimum Gasteiger partial charge on any atom is -0.495 e. The molecule has 0 radical (unpaired) electrons. The van der Waals surface area contributed by atoms with Crippen molar-refractivity contribution in [2.45, 2.75) is 18.6 Å². The molecule has 0 spiro atoms. The molecule has 0 aliphatic carbocycles. The number of amides is 1. The van der Waals surface area contributed by atoms with E-state index >= 15 is 0 Å². The fourth-order valence-corrected chi connectivity index (χ4v) is 3.40. The van der Waals surface area contributed by atoms with Crippen LogP contribution >= 0.6 is 11.6 Å². The number of piperidine rings is 1. The van der Waals surface area contributed by atoms with E-state index in [-0.39, 0.29) is 18.1 Å². The largest absolute Gasteiger partial charge is 0.495 e. The molecule has 120 valence electrons. The average molecular weight is 325 g/mol. The molecule has 2 atom stereocenters. The highest BCUT2D eigenvalue weighted by Gasteiger charge is 2.37. The van der Waals surface area contributed by atoms with Gasteiger partial charge in [-0.05, 0) is 31.7 Å². The zero-order valence-corrected chi connectivity index (χ0v) is 13.7. The molecule has 1 aromatic carbocycles. The number of halogens is 1. The first-order chi connectivity index (χ1) is 10.6. The molecule has 6 heteroatoms. The normalized spacial score (nSPS) is 25.7. The maximum absolute atomic E-state index is 12.7. The summed E-state index contributed by atoms with van der Waals surface area (Å²) in [6.45, 7) is 3.11. The van der Waals surface area contributed by atoms with Gasteiger partial charge in [-0.25, -0.2) is 0 Å². The summed E-state index contributed by atoms with van der Waals surface area (Å²) in [6.07, 6.45) is 1.12. The van der Waals surface area contributed by atoms with Crippen LogP contribution in [0.3, 0.4) is 0 Å². The van der Waals surface area contributed by atoms with Crippen molar-refractivity contribution in [3.63, 3.8) is 0 Å². The number of ether oxygens (including phenoxy) is 2. The second kappa shape index (κ2) is 6.44. The number of carbonyl (C=O) groups is 1. The second-order valence-corrected chi connectivity index (χ2v) is 6.25. The summed E-state index contributed by atoms with van der Waals surface area (Å²) in [4.78, 5) is 16.9. The Balaban J connectivity index is 1.75. The molecule has 3 rings (SSSR count). The van der Waals surface area contributed by atoms with Gasteiger partial charge >= 0.3 is 0 Å². The molecule has 5 nitrogen and oxygen atoms in total. The number of nitrogens with zero attached hydrogens (tertiary/aromatic N) is 2. The first-order valence-corrected chi connectivity index (χ1v) is 7.92. The molecule has 0 N–H and O–H groups in total. The van der Waals surface area contributed by atoms with Gasteiger partial charge in [0.05, 0.1) is 30.9 Å². The summed E-state index contributed by atoms with van der Waals surface area (Å²) in [5.74, 6) is 0.549. The molecule has 0 saturated carbocycles. The number of methoxy groups -OCH3 is 1. The Morgan fingerprint density at radius 3 is 3.00 bits per heavy atom. The molecule has 22 heavy (non-hydrogen) atoms. The quantitative estimate of drug-likeness (QED) is 0.833. The van der Waals surface area contributed by atoms with E-state index in [4.69, 9.17) is 21.1 Å². The predicted octanol–water partition coefficient (Wildman–Crippen LogP) is 1.89. The Morgan fingerprint density at radius 1 is 1.41 bits per heavy atom. The third-order valence-corrected chi connectivity index (χ3v) is 4.86. The second-order valence-electron chi connectivity index (χ2n) is 5.85. The Bertz CT molecular complexity index is 566. The van der Waals surface area contributed by atoms with Crippen LogP contribution in [0, 0.1) is 0 Å². The van der Waals surface area contributed by atoms with Crippen LogP contribution in [0.5, 0.6) is 5.75 Å². The Hall–Kier alpha value is -1.30. The lowest BCUT2D eigenvalue weighted by atomic mass is 9.98. The average Bonchev–Trinajstić information content (AvgIpc) is 2.55. The molecular weight excluding hydrogens is 304 g/mol. The lowest BCUT2D eigenvalue weighted by Gasteiger charge is -2.45. The maximum Gasteiger partial charge on any atom is 0.254 e. The van der Waals surface area contributed by atoms with Crippen LogP contribution in [0.15, 0.2) is 18.2 Å². The van der Waals surface area contributed by atoms with Gasteiger partial charge in [0.25, 0.3) is 5.91 Å². The van der Waals surface area contributed by atoms with Gasteiger partial charge in [0.1, 0.15) is 5.75 Å². The number of fused-ring (bicyclic) bond motifs is 1. The van der Waals surface area contributed by atoms with Crippen molar-refractivity contribution in [3.05, 3.63) is 28.8 Å². The highest BCUT2D eigenvalue weighted by atomic mass is 35.5. The van der Waals surface area contributed by atoms with Crippen LogP contribution in [0.4, 0.5) is 0 Å². The summed E-state index contributed by atoms with van der Waals surface area (Å²) < 4.78 is 11.0. The zero-order valence-electron chi connectivity index (χ0n) is 12.9. The molecule has 0 unspecified atom stereocenters. The third-order valence-electron chi connectivity index (χ3n) is 4.55. The molecule has 0 bridgehead atoms. The minimum absolute atomic E-state index is 0.0207. The van der Waals surface area contributed by atoms with Crippen molar-refractivity contribution >= 4 is 17.5 Å². The van der Waals surface area contributed by atoms with Crippen LogP contribution in [-0.4, -0.2) is 68.3 Å². The fraction of sp³-hybridized carbons (Fsp3) is 0.562. The lowest BCUT2D eigenvalue weighted by molar-refractivity contribution is -0.0893. The van der Waals surface area contributed by atoms with Gasteiger partial charge < -0.3 is 14.4 Å². The van der Waals surface area contributed by atoms with Crippen LogP contribution in [0.2, 0.25) is 5.02 Å². The number of morpholine rings is 1. The number of likely N-dealkylation sites (N-methyl/N-ethyl adjacent to an activating group) is 1. The Morgan fingerprint density at radius 2 is 2.23 bits per heavy atom. The SMILES string of the molecule is COc1cc(C(=O)N2CC[C@@H]3OCCN(C)[C@@H]3C2)ccc1Cl. The number of hydrogen-bond acceptors (Lipinski definition) is 4. The first kappa shape index (κ1) is 15.6. The molecule has 1 amide bonds. The molecule has 2 heterocycles.